The number of benzene rings is 2. The molecule has 3 aromatic rings. The maximum absolute atomic E-state index is 12.7. The maximum Gasteiger partial charge on any atom is 0.265 e. The second kappa shape index (κ2) is 9.14. The normalized spacial score (nSPS) is 11.6. The number of carbonyl (C=O) groups excluding carboxylic acids is 2. The lowest BCUT2D eigenvalue weighted by molar-refractivity contribution is 0.0952. The van der Waals surface area contributed by atoms with Crippen molar-refractivity contribution in [3.8, 4) is 0 Å². The summed E-state index contributed by atoms with van der Waals surface area (Å²) in [5, 5.41) is 7.70. The van der Waals surface area contributed by atoms with Gasteiger partial charge in [0.15, 0.2) is 0 Å². The van der Waals surface area contributed by atoms with E-state index in [1.807, 2.05) is 29.6 Å². The van der Waals surface area contributed by atoms with Crippen molar-refractivity contribution >= 4 is 28.8 Å². The third kappa shape index (κ3) is 4.83. The van der Waals surface area contributed by atoms with Crippen LogP contribution >= 0.6 is 11.3 Å². The highest BCUT2D eigenvalue weighted by Crippen LogP contribution is 2.20. The molecule has 0 saturated carbocycles. The lowest BCUT2D eigenvalue weighted by atomic mass is 9.96. The first-order chi connectivity index (χ1) is 13.2. The zero-order chi connectivity index (χ0) is 19.1. The molecule has 2 aromatic carbocycles. The first kappa shape index (κ1) is 18.9. The van der Waals surface area contributed by atoms with Gasteiger partial charge in [-0.1, -0.05) is 55.5 Å². The average molecular weight is 378 g/mol. The quantitative estimate of drug-likeness (QED) is 0.613. The SMILES string of the molecule is CCC(CNC(=O)c1ccccc1NC(=O)c1cccs1)c1ccccc1. The number of rotatable bonds is 7. The first-order valence-corrected chi connectivity index (χ1v) is 9.84. The van der Waals surface area contributed by atoms with E-state index in [9.17, 15) is 9.59 Å². The van der Waals surface area contributed by atoms with E-state index < -0.39 is 0 Å². The highest BCUT2D eigenvalue weighted by atomic mass is 32.1. The molecule has 1 unspecified atom stereocenters. The van der Waals surface area contributed by atoms with Crippen molar-refractivity contribution in [2.75, 3.05) is 11.9 Å². The summed E-state index contributed by atoms with van der Waals surface area (Å²) in [6.45, 7) is 2.66. The van der Waals surface area contributed by atoms with Gasteiger partial charge in [-0.05, 0) is 35.6 Å². The summed E-state index contributed by atoms with van der Waals surface area (Å²) in [5.41, 5.74) is 2.19. The van der Waals surface area contributed by atoms with Gasteiger partial charge in [0.05, 0.1) is 16.1 Å². The van der Waals surface area contributed by atoms with Crippen LogP contribution in [-0.4, -0.2) is 18.4 Å². The van der Waals surface area contributed by atoms with Crippen molar-refractivity contribution < 1.29 is 9.59 Å². The molecule has 2 N–H and O–H groups in total. The molecule has 0 aliphatic rings. The Morgan fingerprint density at radius 1 is 0.926 bits per heavy atom. The van der Waals surface area contributed by atoms with Gasteiger partial charge >= 0.3 is 0 Å². The summed E-state index contributed by atoms with van der Waals surface area (Å²) in [4.78, 5) is 25.7. The van der Waals surface area contributed by atoms with Crippen molar-refractivity contribution in [2.45, 2.75) is 19.3 Å². The monoisotopic (exact) mass is 378 g/mol. The number of hydrogen-bond donors (Lipinski definition) is 2. The summed E-state index contributed by atoms with van der Waals surface area (Å²) in [7, 11) is 0. The molecule has 0 spiro atoms. The zero-order valence-electron chi connectivity index (χ0n) is 15.1. The Labute approximate surface area is 163 Å². The number of thiophene rings is 1. The second-order valence-electron chi connectivity index (χ2n) is 6.20. The van der Waals surface area contributed by atoms with Gasteiger partial charge in [-0.25, -0.2) is 0 Å². The van der Waals surface area contributed by atoms with Gasteiger partial charge in [-0.3, -0.25) is 9.59 Å². The fourth-order valence-electron chi connectivity index (χ4n) is 2.92. The molecule has 0 aliphatic carbocycles. The molecular weight excluding hydrogens is 356 g/mol. The maximum atomic E-state index is 12.7. The van der Waals surface area contributed by atoms with E-state index in [1.165, 1.54) is 16.9 Å². The van der Waals surface area contributed by atoms with Gasteiger partial charge in [0, 0.05) is 12.5 Å². The van der Waals surface area contributed by atoms with Crippen LogP contribution < -0.4 is 10.6 Å². The molecule has 5 heteroatoms. The number of carbonyl (C=O) groups is 2. The minimum Gasteiger partial charge on any atom is -0.351 e. The van der Waals surface area contributed by atoms with Crippen LogP contribution in [0, 0.1) is 0 Å². The average Bonchev–Trinajstić information content (AvgIpc) is 3.24. The van der Waals surface area contributed by atoms with Crippen LogP contribution in [0.5, 0.6) is 0 Å². The van der Waals surface area contributed by atoms with Crippen LogP contribution in [0.3, 0.4) is 0 Å². The molecule has 0 fully saturated rings. The molecule has 0 saturated heterocycles. The van der Waals surface area contributed by atoms with Crippen molar-refractivity contribution in [2.24, 2.45) is 0 Å². The van der Waals surface area contributed by atoms with Crippen molar-refractivity contribution in [3.63, 3.8) is 0 Å². The predicted octanol–water partition coefficient (Wildman–Crippen LogP) is 4.92. The molecule has 3 rings (SSSR count). The van der Waals surface area contributed by atoms with Gasteiger partial charge in [-0.15, -0.1) is 11.3 Å². The predicted molar refractivity (Wildman–Crippen MR) is 111 cm³/mol. The van der Waals surface area contributed by atoms with Crippen LogP contribution in [0.1, 0.15) is 44.9 Å². The summed E-state index contributed by atoms with van der Waals surface area (Å²) in [6, 6.07) is 20.8. The van der Waals surface area contributed by atoms with E-state index in [1.54, 1.807) is 30.3 Å². The lowest BCUT2D eigenvalue weighted by Gasteiger charge is -2.17. The smallest absolute Gasteiger partial charge is 0.265 e. The Hall–Kier alpha value is -2.92. The molecule has 2 amide bonds. The standard InChI is InChI=1S/C22H22N2O2S/c1-2-16(17-9-4-3-5-10-17)15-23-21(25)18-11-6-7-12-19(18)24-22(26)20-13-8-14-27-20/h3-14,16H,2,15H2,1H3,(H,23,25)(H,24,26). The van der Waals surface area contributed by atoms with Gasteiger partial charge in [0.1, 0.15) is 0 Å². The summed E-state index contributed by atoms with van der Waals surface area (Å²) >= 11 is 1.37. The minimum absolute atomic E-state index is 0.188. The molecule has 1 aromatic heterocycles. The van der Waals surface area contributed by atoms with Crippen molar-refractivity contribution in [3.05, 3.63) is 88.1 Å². The van der Waals surface area contributed by atoms with Crippen LogP contribution in [0.15, 0.2) is 72.1 Å². The van der Waals surface area contributed by atoms with E-state index in [0.29, 0.717) is 22.7 Å². The molecule has 4 nitrogen and oxygen atoms in total. The van der Waals surface area contributed by atoms with Gasteiger partial charge < -0.3 is 10.6 Å². The van der Waals surface area contributed by atoms with Crippen LogP contribution in [0.25, 0.3) is 0 Å². The molecule has 0 aliphatic heterocycles. The number of anilines is 1. The van der Waals surface area contributed by atoms with Crippen LogP contribution in [0.2, 0.25) is 0 Å². The van der Waals surface area contributed by atoms with Gasteiger partial charge in [0.25, 0.3) is 11.8 Å². The fourth-order valence-corrected chi connectivity index (χ4v) is 3.53. The second-order valence-corrected chi connectivity index (χ2v) is 7.15. The van der Waals surface area contributed by atoms with E-state index in [0.717, 1.165) is 6.42 Å². The number of nitrogens with one attached hydrogen (secondary N) is 2. The Bertz CT molecular complexity index is 892. The Morgan fingerprint density at radius 3 is 2.37 bits per heavy atom. The van der Waals surface area contributed by atoms with Crippen molar-refractivity contribution in [1.29, 1.82) is 0 Å². The van der Waals surface area contributed by atoms with Gasteiger partial charge in [0.2, 0.25) is 0 Å². The van der Waals surface area contributed by atoms with Crippen molar-refractivity contribution in [1.82, 2.24) is 5.32 Å². The molecule has 0 bridgehead atoms. The fraction of sp³-hybridized carbons (Fsp3) is 0.182. The first-order valence-electron chi connectivity index (χ1n) is 8.96. The Balaban J connectivity index is 1.69. The number of amides is 2. The minimum atomic E-state index is -0.207. The van der Waals surface area contributed by atoms with Crippen LogP contribution in [-0.2, 0) is 0 Å². The Morgan fingerprint density at radius 2 is 1.67 bits per heavy atom. The highest BCUT2D eigenvalue weighted by Gasteiger charge is 2.16. The lowest BCUT2D eigenvalue weighted by Crippen LogP contribution is -2.29. The van der Waals surface area contributed by atoms with E-state index in [-0.39, 0.29) is 17.7 Å². The van der Waals surface area contributed by atoms with Gasteiger partial charge in [-0.2, -0.15) is 0 Å². The van der Waals surface area contributed by atoms with E-state index in [4.69, 9.17) is 0 Å². The molecule has 1 heterocycles. The van der Waals surface area contributed by atoms with E-state index >= 15 is 0 Å². The molecule has 0 radical (unpaired) electrons. The number of para-hydroxylation sites is 1. The molecule has 138 valence electrons. The summed E-state index contributed by atoms with van der Waals surface area (Å²) < 4.78 is 0. The van der Waals surface area contributed by atoms with Crippen LogP contribution in [0.4, 0.5) is 5.69 Å². The highest BCUT2D eigenvalue weighted by molar-refractivity contribution is 7.12. The molecular formula is C22H22N2O2S. The summed E-state index contributed by atoms with van der Waals surface area (Å²) in [6.07, 6.45) is 0.932. The molecule has 1 atom stereocenters. The third-order valence-electron chi connectivity index (χ3n) is 4.44. The largest absolute Gasteiger partial charge is 0.351 e. The Kier molecular flexibility index (Phi) is 6.39. The third-order valence-corrected chi connectivity index (χ3v) is 5.31. The number of hydrogen-bond acceptors (Lipinski definition) is 3. The summed E-state index contributed by atoms with van der Waals surface area (Å²) in [5.74, 6) is -0.143. The topological polar surface area (TPSA) is 58.2 Å². The molecule has 27 heavy (non-hydrogen) atoms. The zero-order valence-corrected chi connectivity index (χ0v) is 16.0. The van der Waals surface area contributed by atoms with E-state index in [2.05, 4.69) is 29.7 Å².